The molecule has 144 valence electrons. The Morgan fingerprint density at radius 1 is 0.929 bits per heavy atom. The van der Waals surface area contributed by atoms with E-state index in [2.05, 4.69) is 10.1 Å². The molecule has 28 heavy (non-hydrogen) atoms. The van der Waals surface area contributed by atoms with Crippen LogP contribution in [0.2, 0.25) is 0 Å². The van der Waals surface area contributed by atoms with Gasteiger partial charge < -0.3 is 9.47 Å². The van der Waals surface area contributed by atoms with Crippen molar-refractivity contribution in [1.29, 1.82) is 0 Å². The third-order valence-electron chi connectivity index (χ3n) is 5.16. The molecule has 0 N–H and O–H groups in total. The molecule has 0 fully saturated rings. The number of fused-ring (bicyclic) bond motifs is 1. The second-order valence-corrected chi connectivity index (χ2v) is 6.71. The summed E-state index contributed by atoms with van der Waals surface area (Å²) in [6.45, 7) is 1.56. The summed E-state index contributed by atoms with van der Waals surface area (Å²) >= 11 is 0. The van der Waals surface area contributed by atoms with E-state index in [0.717, 1.165) is 22.6 Å². The largest absolute Gasteiger partial charge is 0.497 e. The Kier molecular flexibility index (Phi) is 4.73. The van der Waals surface area contributed by atoms with Gasteiger partial charge in [-0.3, -0.25) is 9.69 Å². The number of aromatic nitrogens is 3. The van der Waals surface area contributed by atoms with Crippen molar-refractivity contribution in [2.45, 2.75) is 25.4 Å². The second kappa shape index (κ2) is 7.34. The fraction of sp³-hybridized carbons (Fsp3) is 0.286. The number of benzene rings is 2. The number of carbonyl (C=O) groups is 1. The Balaban J connectivity index is 1.78. The molecule has 7 nitrogen and oxygen atoms in total. The number of rotatable bonds is 4. The van der Waals surface area contributed by atoms with Crippen LogP contribution < -0.4 is 14.4 Å². The molecule has 2 aromatic carbocycles. The molecule has 1 amide bonds. The van der Waals surface area contributed by atoms with Gasteiger partial charge in [0.05, 0.1) is 26.3 Å². The molecule has 2 heterocycles. The van der Waals surface area contributed by atoms with Gasteiger partial charge in [0.1, 0.15) is 17.8 Å². The van der Waals surface area contributed by atoms with Gasteiger partial charge in [0.2, 0.25) is 11.9 Å². The normalized spacial score (nSPS) is 18.5. The highest BCUT2D eigenvalue weighted by Gasteiger charge is 2.38. The zero-order valence-electron chi connectivity index (χ0n) is 16.1. The summed E-state index contributed by atoms with van der Waals surface area (Å²) in [6, 6.07) is 15.6. The number of hydrogen-bond acceptors (Lipinski definition) is 5. The van der Waals surface area contributed by atoms with Crippen LogP contribution in [-0.2, 0) is 4.79 Å². The Labute approximate surface area is 163 Å². The molecule has 3 aromatic rings. The average Bonchev–Trinajstić information content (AvgIpc) is 3.22. The Hall–Kier alpha value is -3.35. The standard InChI is InChI=1S/C21H22N4O3/c1-14(26)24-19(15-4-8-17(27-2)9-5-15)12-20(25-21(24)22-13-23-25)16-6-10-18(28-3)11-7-16/h4-11,13,19-20H,12H2,1-3H3/t19-,20+/m1/s1. The fourth-order valence-corrected chi connectivity index (χ4v) is 3.77. The van der Waals surface area contributed by atoms with E-state index in [-0.39, 0.29) is 18.0 Å². The lowest BCUT2D eigenvalue weighted by Crippen LogP contribution is -2.41. The molecule has 0 saturated carbocycles. The Morgan fingerprint density at radius 2 is 1.46 bits per heavy atom. The van der Waals surface area contributed by atoms with Gasteiger partial charge in [-0.15, -0.1) is 0 Å². The highest BCUT2D eigenvalue weighted by atomic mass is 16.5. The number of ether oxygens (including phenoxy) is 2. The number of hydrogen-bond donors (Lipinski definition) is 0. The maximum Gasteiger partial charge on any atom is 0.231 e. The van der Waals surface area contributed by atoms with Gasteiger partial charge in [-0.25, -0.2) is 4.68 Å². The topological polar surface area (TPSA) is 69.5 Å². The molecule has 2 atom stereocenters. The summed E-state index contributed by atoms with van der Waals surface area (Å²) in [5.41, 5.74) is 2.12. The van der Waals surface area contributed by atoms with Crippen LogP contribution in [0.15, 0.2) is 54.9 Å². The third-order valence-corrected chi connectivity index (χ3v) is 5.16. The molecule has 1 aliphatic rings. The average molecular weight is 378 g/mol. The van der Waals surface area contributed by atoms with Crippen molar-refractivity contribution in [3.8, 4) is 11.5 Å². The second-order valence-electron chi connectivity index (χ2n) is 6.71. The molecular weight excluding hydrogens is 356 g/mol. The summed E-state index contributed by atoms with van der Waals surface area (Å²) in [6.07, 6.45) is 2.19. The molecule has 0 unspecified atom stereocenters. The van der Waals surface area contributed by atoms with Crippen molar-refractivity contribution in [3.05, 3.63) is 66.0 Å². The van der Waals surface area contributed by atoms with Crippen LogP contribution in [0.3, 0.4) is 0 Å². The van der Waals surface area contributed by atoms with Crippen molar-refractivity contribution in [1.82, 2.24) is 14.8 Å². The summed E-state index contributed by atoms with van der Waals surface area (Å²) in [4.78, 5) is 18.6. The van der Waals surface area contributed by atoms with Crippen molar-refractivity contribution < 1.29 is 14.3 Å². The molecule has 0 bridgehead atoms. The highest BCUT2D eigenvalue weighted by molar-refractivity contribution is 5.90. The van der Waals surface area contributed by atoms with Crippen LogP contribution >= 0.6 is 0 Å². The van der Waals surface area contributed by atoms with Gasteiger partial charge in [-0.05, 0) is 41.8 Å². The summed E-state index contributed by atoms with van der Waals surface area (Å²) in [7, 11) is 3.29. The van der Waals surface area contributed by atoms with E-state index in [0.29, 0.717) is 12.4 Å². The molecule has 0 aliphatic carbocycles. The first-order valence-corrected chi connectivity index (χ1v) is 9.09. The van der Waals surface area contributed by atoms with E-state index in [9.17, 15) is 4.79 Å². The number of methoxy groups -OCH3 is 2. The molecule has 1 aliphatic heterocycles. The van der Waals surface area contributed by atoms with Crippen molar-refractivity contribution >= 4 is 11.9 Å². The molecule has 1 aromatic heterocycles. The SMILES string of the molecule is COc1ccc([C@H]2C[C@@H](c3ccc(OC)cc3)n3ncnc3N2C(C)=O)cc1. The first kappa shape index (κ1) is 18.0. The molecule has 0 radical (unpaired) electrons. The predicted octanol–water partition coefficient (Wildman–Crippen LogP) is 3.38. The monoisotopic (exact) mass is 378 g/mol. The fourth-order valence-electron chi connectivity index (χ4n) is 3.77. The minimum atomic E-state index is -0.146. The minimum Gasteiger partial charge on any atom is -0.497 e. The summed E-state index contributed by atoms with van der Waals surface area (Å²) in [5.74, 6) is 2.07. The van der Waals surface area contributed by atoms with E-state index >= 15 is 0 Å². The van der Waals surface area contributed by atoms with Crippen LogP contribution in [-0.4, -0.2) is 34.9 Å². The zero-order valence-corrected chi connectivity index (χ0v) is 16.1. The third kappa shape index (κ3) is 3.09. The maximum absolute atomic E-state index is 12.5. The molecule has 4 rings (SSSR count). The minimum absolute atomic E-state index is 0.0360. The Bertz CT molecular complexity index is 966. The van der Waals surface area contributed by atoms with E-state index in [1.165, 1.54) is 6.33 Å². The quantitative estimate of drug-likeness (QED) is 0.696. The van der Waals surface area contributed by atoms with Gasteiger partial charge in [0, 0.05) is 6.92 Å². The lowest BCUT2D eigenvalue weighted by atomic mass is 9.92. The van der Waals surface area contributed by atoms with E-state index in [4.69, 9.17) is 9.47 Å². The lowest BCUT2D eigenvalue weighted by molar-refractivity contribution is -0.117. The van der Waals surface area contributed by atoms with Crippen LogP contribution in [0.25, 0.3) is 0 Å². The molecule has 7 heteroatoms. The first-order chi connectivity index (χ1) is 13.6. The van der Waals surface area contributed by atoms with Gasteiger partial charge in [-0.1, -0.05) is 24.3 Å². The van der Waals surface area contributed by atoms with Crippen molar-refractivity contribution in [2.75, 3.05) is 19.1 Å². The van der Waals surface area contributed by atoms with Gasteiger partial charge in [-0.2, -0.15) is 10.1 Å². The highest BCUT2D eigenvalue weighted by Crippen LogP contribution is 2.42. The molecule has 0 spiro atoms. The van der Waals surface area contributed by atoms with Crippen LogP contribution in [0.4, 0.5) is 5.95 Å². The van der Waals surface area contributed by atoms with Gasteiger partial charge in [0.25, 0.3) is 0 Å². The van der Waals surface area contributed by atoms with E-state index in [1.54, 1.807) is 26.0 Å². The van der Waals surface area contributed by atoms with Gasteiger partial charge in [0.15, 0.2) is 0 Å². The predicted molar refractivity (Wildman–Crippen MR) is 105 cm³/mol. The van der Waals surface area contributed by atoms with Crippen molar-refractivity contribution in [3.63, 3.8) is 0 Å². The Morgan fingerprint density at radius 3 is 1.96 bits per heavy atom. The number of amides is 1. The van der Waals surface area contributed by atoms with Gasteiger partial charge >= 0.3 is 0 Å². The first-order valence-electron chi connectivity index (χ1n) is 9.09. The van der Waals surface area contributed by atoms with E-state index < -0.39 is 0 Å². The van der Waals surface area contributed by atoms with E-state index in [1.807, 2.05) is 53.2 Å². The smallest absolute Gasteiger partial charge is 0.231 e. The van der Waals surface area contributed by atoms with Crippen LogP contribution in [0.5, 0.6) is 11.5 Å². The summed E-state index contributed by atoms with van der Waals surface area (Å²) < 4.78 is 12.4. The lowest BCUT2D eigenvalue weighted by Gasteiger charge is -2.38. The van der Waals surface area contributed by atoms with Crippen LogP contribution in [0, 0.1) is 0 Å². The van der Waals surface area contributed by atoms with Crippen molar-refractivity contribution in [2.24, 2.45) is 0 Å². The zero-order chi connectivity index (χ0) is 19.7. The number of nitrogens with zero attached hydrogens (tertiary/aromatic N) is 4. The molecular formula is C21H22N4O3. The number of anilines is 1. The maximum atomic E-state index is 12.5. The molecule has 0 saturated heterocycles. The van der Waals surface area contributed by atoms with Crippen LogP contribution in [0.1, 0.15) is 36.6 Å². The summed E-state index contributed by atoms with van der Waals surface area (Å²) in [5, 5.41) is 4.41. The number of carbonyl (C=O) groups excluding carboxylic acids is 1.